The van der Waals surface area contributed by atoms with Crippen molar-refractivity contribution in [2.24, 2.45) is 11.7 Å². The van der Waals surface area contributed by atoms with Gasteiger partial charge in [-0.25, -0.2) is 0 Å². The molecule has 6 heteroatoms. The normalized spacial score (nSPS) is 25.1. The van der Waals surface area contributed by atoms with Crippen LogP contribution in [0.5, 0.6) is 0 Å². The molecule has 2 atom stereocenters. The molecule has 0 aromatic heterocycles. The lowest BCUT2D eigenvalue weighted by Gasteiger charge is -2.43. The molecule has 0 saturated heterocycles. The zero-order valence-electron chi connectivity index (χ0n) is 12.1. The summed E-state index contributed by atoms with van der Waals surface area (Å²) in [6, 6.07) is 6.36. The van der Waals surface area contributed by atoms with Crippen LogP contribution in [0.3, 0.4) is 0 Å². The van der Waals surface area contributed by atoms with E-state index in [4.69, 9.17) is 5.73 Å². The Morgan fingerprint density at radius 1 is 1.57 bits per heavy atom. The van der Waals surface area contributed by atoms with E-state index in [0.29, 0.717) is 18.2 Å². The molecule has 0 bridgehead atoms. The summed E-state index contributed by atoms with van der Waals surface area (Å²) in [7, 11) is 0. The first kappa shape index (κ1) is 15.3. The highest BCUT2D eigenvalue weighted by molar-refractivity contribution is 5.62. The van der Waals surface area contributed by atoms with E-state index in [-0.39, 0.29) is 16.8 Å². The smallest absolute Gasteiger partial charge is 0.270 e. The van der Waals surface area contributed by atoms with Crippen LogP contribution in [-0.2, 0) is 0 Å². The highest BCUT2D eigenvalue weighted by Crippen LogP contribution is 2.37. The van der Waals surface area contributed by atoms with Crippen LogP contribution in [0, 0.1) is 27.4 Å². The van der Waals surface area contributed by atoms with Crippen molar-refractivity contribution >= 4 is 11.4 Å². The maximum Gasteiger partial charge on any atom is 0.270 e. The van der Waals surface area contributed by atoms with Gasteiger partial charge in [0.1, 0.15) is 6.07 Å². The second-order valence-electron chi connectivity index (χ2n) is 5.73. The van der Waals surface area contributed by atoms with Gasteiger partial charge in [0.2, 0.25) is 0 Å². The van der Waals surface area contributed by atoms with Gasteiger partial charge in [-0.15, -0.1) is 0 Å². The summed E-state index contributed by atoms with van der Waals surface area (Å²) >= 11 is 0. The molecule has 0 radical (unpaired) electrons. The lowest BCUT2D eigenvalue weighted by atomic mass is 9.73. The lowest BCUT2D eigenvalue weighted by Crippen LogP contribution is -2.52. The maximum atomic E-state index is 10.8. The third kappa shape index (κ3) is 2.98. The number of nitrogens with one attached hydrogen (secondary N) is 1. The van der Waals surface area contributed by atoms with Crippen molar-refractivity contribution in [3.05, 3.63) is 33.9 Å². The van der Waals surface area contributed by atoms with Crippen LogP contribution in [0.15, 0.2) is 18.2 Å². The van der Waals surface area contributed by atoms with E-state index in [9.17, 15) is 15.4 Å². The Labute approximate surface area is 124 Å². The number of rotatable bonds is 4. The molecule has 21 heavy (non-hydrogen) atoms. The van der Waals surface area contributed by atoms with E-state index in [2.05, 4.69) is 12.2 Å². The summed E-state index contributed by atoms with van der Waals surface area (Å²) in [5.41, 5.74) is 6.60. The zero-order chi connectivity index (χ0) is 15.5. The summed E-state index contributed by atoms with van der Waals surface area (Å²) in [6.07, 6.45) is 4.34. The number of benzene rings is 1. The van der Waals surface area contributed by atoms with Crippen molar-refractivity contribution in [3.8, 4) is 6.07 Å². The molecule has 1 aliphatic carbocycles. The molecule has 2 rings (SSSR count). The first-order chi connectivity index (χ1) is 10.0. The predicted molar refractivity (Wildman–Crippen MR) is 80.9 cm³/mol. The minimum atomic E-state index is -0.493. The van der Waals surface area contributed by atoms with Crippen molar-refractivity contribution < 1.29 is 4.92 Å². The minimum Gasteiger partial charge on any atom is -0.377 e. The third-order valence-corrected chi connectivity index (χ3v) is 4.54. The molecule has 2 unspecified atom stereocenters. The van der Waals surface area contributed by atoms with E-state index in [0.717, 1.165) is 19.3 Å². The molecule has 0 aliphatic heterocycles. The van der Waals surface area contributed by atoms with Crippen molar-refractivity contribution in [3.63, 3.8) is 0 Å². The van der Waals surface area contributed by atoms with Crippen LogP contribution in [0.25, 0.3) is 0 Å². The Balaban J connectivity index is 2.33. The number of nitriles is 1. The summed E-state index contributed by atoms with van der Waals surface area (Å²) in [5, 5.41) is 23.4. The summed E-state index contributed by atoms with van der Waals surface area (Å²) in [5.74, 6) is 0.401. The summed E-state index contributed by atoms with van der Waals surface area (Å²) in [6.45, 7) is 2.65. The van der Waals surface area contributed by atoms with Crippen LogP contribution >= 0.6 is 0 Å². The number of non-ortho nitro benzene ring substituents is 1. The largest absolute Gasteiger partial charge is 0.377 e. The van der Waals surface area contributed by atoms with Crippen LogP contribution in [0.4, 0.5) is 11.4 Å². The van der Waals surface area contributed by atoms with E-state index in [1.165, 1.54) is 18.6 Å². The average Bonchev–Trinajstić information content (AvgIpc) is 2.49. The molecule has 0 spiro atoms. The number of nitrogens with two attached hydrogens (primary N) is 1. The predicted octanol–water partition coefficient (Wildman–Crippen LogP) is 2.79. The van der Waals surface area contributed by atoms with Gasteiger partial charge in [-0.2, -0.15) is 5.26 Å². The molecule has 1 saturated carbocycles. The third-order valence-electron chi connectivity index (χ3n) is 4.54. The first-order valence-corrected chi connectivity index (χ1v) is 7.19. The Bertz CT molecular complexity index is 582. The highest BCUT2D eigenvalue weighted by Gasteiger charge is 2.37. The summed E-state index contributed by atoms with van der Waals surface area (Å²) in [4.78, 5) is 10.3. The van der Waals surface area contributed by atoms with E-state index >= 15 is 0 Å². The molecule has 0 amide bonds. The number of nitro benzene ring substituents is 1. The SMILES string of the molecule is CC1CCCCC1(CN)Nc1ccc([N+](=O)[O-])cc1C#N. The molecule has 1 aromatic rings. The number of anilines is 1. The Kier molecular flexibility index (Phi) is 4.43. The molecule has 0 heterocycles. The topological polar surface area (TPSA) is 105 Å². The second kappa shape index (κ2) is 6.10. The van der Waals surface area contributed by atoms with Crippen molar-refractivity contribution in [2.75, 3.05) is 11.9 Å². The fourth-order valence-electron chi connectivity index (χ4n) is 3.07. The molecule has 3 N–H and O–H groups in total. The molecule has 112 valence electrons. The van der Waals surface area contributed by atoms with E-state index < -0.39 is 4.92 Å². The number of nitro groups is 1. The number of hydrogen-bond acceptors (Lipinski definition) is 5. The van der Waals surface area contributed by atoms with Gasteiger partial charge in [-0.05, 0) is 24.8 Å². The zero-order valence-corrected chi connectivity index (χ0v) is 12.1. The van der Waals surface area contributed by atoms with Crippen LogP contribution < -0.4 is 11.1 Å². The highest BCUT2D eigenvalue weighted by atomic mass is 16.6. The molecular formula is C15H20N4O2. The van der Waals surface area contributed by atoms with Crippen LogP contribution in [-0.4, -0.2) is 17.0 Å². The van der Waals surface area contributed by atoms with Gasteiger partial charge < -0.3 is 11.1 Å². The van der Waals surface area contributed by atoms with Gasteiger partial charge in [0.15, 0.2) is 0 Å². The fraction of sp³-hybridized carbons (Fsp3) is 0.533. The Morgan fingerprint density at radius 2 is 2.33 bits per heavy atom. The fourth-order valence-corrected chi connectivity index (χ4v) is 3.07. The van der Waals surface area contributed by atoms with Gasteiger partial charge in [0.05, 0.1) is 21.7 Å². The van der Waals surface area contributed by atoms with Crippen LogP contribution in [0.2, 0.25) is 0 Å². The van der Waals surface area contributed by atoms with Gasteiger partial charge >= 0.3 is 0 Å². The van der Waals surface area contributed by atoms with Gasteiger partial charge in [0, 0.05) is 18.7 Å². The van der Waals surface area contributed by atoms with Crippen LogP contribution in [0.1, 0.15) is 38.2 Å². The van der Waals surface area contributed by atoms with Crippen molar-refractivity contribution in [2.45, 2.75) is 38.1 Å². The average molecular weight is 288 g/mol. The van der Waals surface area contributed by atoms with Gasteiger partial charge in [0.25, 0.3) is 5.69 Å². The Morgan fingerprint density at radius 3 is 2.90 bits per heavy atom. The second-order valence-corrected chi connectivity index (χ2v) is 5.73. The van der Waals surface area contributed by atoms with Crippen molar-refractivity contribution in [1.29, 1.82) is 5.26 Å². The first-order valence-electron chi connectivity index (χ1n) is 7.19. The molecule has 1 aromatic carbocycles. The van der Waals surface area contributed by atoms with E-state index in [1.807, 2.05) is 6.07 Å². The molecule has 1 aliphatic rings. The van der Waals surface area contributed by atoms with E-state index in [1.54, 1.807) is 6.07 Å². The quantitative estimate of drug-likeness (QED) is 0.654. The Hall–Kier alpha value is -2.13. The summed E-state index contributed by atoms with van der Waals surface area (Å²) < 4.78 is 0. The monoisotopic (exact) mass is 288 g/mol. The lowest BCUT2D eigenvalue weighted by molar-refractivity contribution is -0.384. The van der Waals surface area contributed by atoms with Gasteiger partial charge in [-0.1, -0.05) is 19.8 Å². The molecule has 6 nitrogen and oxygen atoms in total. The molecule has 1 fully saturated rings. The molecular weight excluding hydrogens is 268 g/mol. The minimum absolute atomic E-state index is 0.0735. The maximum absolute atomic E-state index is 10.8. The number of nitrogens with zero attached hydrogens (tertiary/aromatic N) is 2. The van der Waals surface area contributed by atoms with Gasteiger partial charge in [-0.3, -0.25) is 10.1 Å². The van der Waals surface area contributed by atoms with Crippen molar-refractivity contribution in [1.82, 2.24) is 0 Å². The number of hydrogen-bond donors (Lipinski definition) is 2. The standard InChI is InChI=1S/C15H20N4O2/c1-11-4-2-3-7-15(11,10-17)18-14-6-5-13(19(20)21)8-12(14)9-16/h5-6,8,11,18H,2-4,7,10,17H2,1H3.